The van der Waals surface area contributed by atoms with Gasteiger partial charge < -0.3 is 15.8 Å². The summed E-state index contributed by atoms with van der Waals surface area (Å²) < 4.78 is 5.95. The summed E-state index contributed by atoms with van der Waals surface area (Å²) in [5, 5.41) is 3.06. The molecule has 3 unspecified atom stereocenters. The summed E-state index contributed by atoms with van der Waals surface area (Å²) in [4.78, 5) is 13.3. The molecule has 0 aliphatic carbocycles. The number of halogens is 2. The van der Waals surface area contributed by atoms with Crippen molar-refractivity contribution in [3.63, 3.8) is 0 Å². The van der Waals surface area contributed by atoms with E-state index in [2.05, 4.69) is 40.3 Å². The van der Waals surface area contributed by atoms with Crippen LogP contribution in [0.5, 0.6) is 0 Å². The van der Waals surface area contributed by atoms with E-state index in [9.17, 15) is 4.79 Å². The third-order valence-corrected chi connectivity index (χ3v) is 5.23. The number of fused-ring (bicyclic) bond motifs is 1. The number of hydrogen-bond acceptors (Lipinski definition) is 4. The largest absolute Gasteiger partial charge is 0.383 e. The third kappa shape index (κ3) is 4.60. The van der Waals surface area contributed by atoms with Gasteiger partial charge >= 0.3 is 0 Å². The molecule has 0 aromatic heterocycles. The fraction of sp³-hybridized carbons (Fsp3) is 0.500. The Kier molecular flexibility index (Phi) is 7.50. The maximum Gasteiger partial charge on any atom is 0.239 e. The summed E-state index contributed by atoms with van der Waals surface area (Å²) in [6.45, 7) is 2.37. The fourth-order valence-electron chi connectivity index (χ4n) is 2.25. The van der Waals surface area contributed by atoms with Gasteiger partial charge in [0, 0.05) is 22.2 Å². The Labute approximate surface area is 144 Å². The molecule has 4 nitrogen and oxygen atoms in total. The summed E-state index contributed by atoms with van der Waals surface area (Å²) in [5.74, 6) is 1.18. The zero-order valence-corrected chi connectivity index (χ0v) is 15.2. The third-order valence-electron chi connectivity index (χ3n) is 3.36. The molecule has 7 heteroatoms. The highest BCUT2D eigenvalue weighted by Crippen LogP contribution is 2.40. The first kappa shape index (κ1) is 18.8. The minimum absolute atomic E-state index is 0. The molecule has 1 aromatic rings. The number of benzene rings is 1. The van der Waals surface area contributed by atoms with Crippen molar-refractivity contribution in [3.05, 3.63) is 28.2 Å². The van der Waals surface area contributed by atoms with E-state index < -0.39 is 6.04 Å². The quantitative estimate of drug-likeness (QED) is 0.823. The van der Waals surface area contributed by atoms with E-state index in [4.69, 9.17) is 10.5 Å². The first-order valence-electron chi connectivity index (χ1n) is 6.50. The Morgan fingerprint density at radius 1 is 1.62 bits per heavy atom. The SMILES string of the molecule is COCC(N)C(=O)NC1c2cc(Br)ccc2SCC1C.Cl. The van der Waals surface area contributed by atoms with Crippen molar-refractivity contribution in [2.45, 2.75) is 23.9 Å². The van der Waals surface area contributed by atoms with Crippen molar-refractivity contribution in [1.82, 2.24) is 5.32 Å². The highest BCUT2D eigenvalue weighted by molar-refractivity contribution is 9.10. The van der Waals surface area contributed by atoms with Crippen molar-refractivity contribution < 1.29 is 9.53 Å². The molecule has 1 heterocycles. The standard InChI is InChI=1S/C14H19BrN2O2S.ClH/c1-8-7-20-12-4-3-9(15)5-10(12)13(8)17-14(18)11(16)6-19-2;/h3-5,8,11,13H,6-7,16H2,1-2H3,(H,17,18);1H. The Hall–Kier alpha value is -0.270. The molecule has 3 atom stereocenters. The molecule has 1 aliphatic rings. The van der Waals surface area contributed by atoms with Crippen LogP contribution < -0.4 is 11.1 Å². The highest BCUT2D eigenvalue weighted by atomic mass is 79.9. The molecule has 0 fully saturated rings. The molecule has 2 rings (SSSR count). The van der Waals surface area contributed by atoms with Gasteiger partial charge in [-0.3, -0.25) is 4.79 Å². The molecular formula is C14H20BrClN2O2S. The molecule has 1 amide bonds. The molecule has 0 spiro atoms. The second-order valence-corrected chi connectivity index (χ2v) is 7.00. The van der Waals surface area contributed by atoms with Crippen molar-refractivity contribution in [3.8, 4) is 0 Å². The smallest absolute Gasteiger partial charge is 0.239 e. The Balaban J connectivity index is 0.00000220. The maximum atomic E-state index is 12.1. The van der Waals surface area contributed by atoms with Crippen LogP contribution in [0.4, 0.5) is 0 Å². The fourth-order valence-corrected chi connectivity index (χ4v) is 3.78. The summed E-state index contributed by atoms with van der Waals surface area (Å²) in [6, 6.07) is 5.56. The van der Waals surface area contributed by atoms with Gasteiger partial charge in [-0.15, -0.1) is 24.2 Å². The van der Waals surface area contributed by atoms with Crippen LogP contribution in [-0.2, 0) is 9.53 Å². The van der Waals surface area contributed by atoms with Crippen LogP contribution in [0, 0.1) is 5.92 Å². The van der Waals surface area contributed by atoms with E-state index in [-0.39, 0.29) is 31.0 Å². The lowest BCUT2D eigenvalue weighted by Crippen LogP contribution is -2.46. The first-order valence-corrected chi connectivity index (χ1v) is 8.28. The van der Waals surface area contributed by atoms with Crippen LogP contribution in [0.25, 0.3) is 0 Å². The zero-order chi connectivity index (χ0) is 14.7. The number of carbonyl (C=O) groups is 1. The molecule has 1 aromatic carbocycles. The van der Waals surface area contributed by atoms with Crippen LogP contribution >= 0.6 is 40.1 Å². The van der Waals surface area contributed by atoms with Gasteiger partial charge in [0.1, 0.15) is 6.04 Å². The van der Waals surface area contributed by atoms with Gasteiger partial charge in [0.25, 0.3) is 0 Å². The predicted octanol–water partition coefficient (Wildman–Crippen LogP) is 2.74. The predicted molar refractivity (Wildman–Crippen MR) is 92.0 cm³/mol. The average Bonchev–Trinajstić information content (AvgIpc) is 2.42. The van der Waals surface area contributed by atoms with Crippen molar-refractivity contribution in [2.75, 3.05) is 19.5 Å². The lowest BCUT2D eigenvalue weighted by Gasteiger charge is -2.32. The van der Waals surface area contributed by atoms with E-state index in [0.29, 0.717) is 5.92 Å². The number of nitrogens with one attached hydrogen (secondary N) is 1. The minimum Gasteiger partial charge on any atom is -0.383 e. The van der Waals surface area contributed by atoms with Crippen LogP contribution in [-0.4, -0.2) is 31.4 Å². The zero-order valence-electron chi connectivity index (χ0n) is 12.0. The topological polar surface area (TPSA) is 64.3 Å². The van der Waals surface area contributed by atoms with Crippen LogP contribution in [0.1, 0.15) is 18.5 Å². The number of hydrogen-bond donors (Lipinski definition) is 2. The Bertz CT molecular complexity index is 504. The second kappa shape index (κ2) is 8.39. The number of amides is 1. The van der Waals surface area contributed by atoms with E-state index in [1.807, 2.05) is 17.8 Å². The minimum atomic E-state index is -0.627. The molecule has 0 bridgehead atoms. The molecule has 21 heavy (non-hydrogen) atoms. The number of carbonyl (C=O) groups excluding carboxylic acids is 1. The van der Waals surface area contributed by atoms with E-state index in [0.717, 1.165) is 15.8 Å². The molecule has 3 N–H and O–H groups in total. The van der Waals surface area contributed by atoms with Gasteiger partial charge in [-0.2, -0.15) is 0 Å². The Morgan fingerprint density at radius 3 is 3.00 bits per heavy atom. The summed E-state index contributed by atoms with van der Waals surface area (Å²) in [6.07, 6.45) is 0. The average molecular weight is 396 g/mol. The van der Waals surface area contributed by atoms with Gasteiger partial charge in [0.15, 0.2) is 0 Å². The van der Waals surface area contributed by atoms with Gasteiger partial charge in [-0.25, -0.2) is 0 Å². The number of thioether (sulfide) groups is 1. The molecule has 118 valence electrons. The summed E-state index contributed by atoms with van der Waals surface area (Å²) >= 11 is 5.32. The number of methoxy groups -OCH3 is 1. The molecule has 0 saturated carbocycles. The van der Waals surface area contributed by atoms with E-state index >= 15 is 0 Å². The van der Waals surface area contributed by atoms with Gasteiger partial charge in [0.05, 0.1) is 12.6 Å². The maximum absolute atomic E-state index is 12.1. The lowest BCUT2D eigenvalue weighted by molar-refractivity contribution is -0.124. The van der Waals surface area contributed by atoms with Crippen molar-refractivity contribution >= 4 is 46.0 Å². The number of rotatable bonds is 4. The van der Waals surface area contributed by atoms with Crippen molar-refractivity contribution in [2.24, 2.45) is 11.7 Å². The highest BCUT2D eigenvalue weighted by Gasteiger charge is 2.29. The van der Waals surface area contributed by atoms with Crippen LogP contribution in [0.15, 0.2) is 27.6 Å². The molecule has 0 saturated heterocycles. The monoisotopic (exact) mass is 394 g/mol. The second-order valence-electron chi connectivity index (χ2n) is 5.02. The van der Waals surface area contributed by atoms with Gasteiger partial charge in [-0.05, 0) is 29.7 Å². The Morgan fingerprint density at radius 2 is 2.33 bits per heavy atom. The summed E-state index contributed by atoms with van der Waals surface area (Å²) in [5.41, 5.74) is 6.94. The van der Waals surface area contributed by atoms with Gasteiger partial charge in [-0.1, -0.05) is 22.9 Å². The molecular weight excluding hydrogens is 376 g/mol. The number of ether oxygens (including phenoxy) is 1. The lowest BCUT2D eigenvalue weighted by atomic mass is 9.95. The summed E-state index contributed by atoms with van der Waals surface area (Å²) in [7, 11) is 1.54. The first-order chi connectivity index (χ1) is 9.52. The molecule has 0 radical (unpaired) electrons. The molecule has 1 aliphatic heterocycles. The van der Waals surface area contributed by atoms with Crippen LogP contribution in [0.2, 0.25) is 0 Å². The normalized spacial score (nSPS) is 21.9. The van der Waals surface area contributed by atoms with Crippen LogP contribution in [0.3, 0.4) is 0 Å². The van der Waals surface area contributed by atoms with Gasteiger partial charge in [0.2, 0.25) is 5.91 Å². The van der Waals surface area contributed by atoms with Crippen molar-refractivity contribution in [1.29, 1.82) is 0 Å². The van der Waals surface area contributed by atoms with E-state index in [1.165, 1.54) is 4.90 Å². The number of nitrogens with two attached hydrogens (primary N) is 1. The van der Waals surface area contributed by atoms with E-state index in [1.54, 1.807) is 7.11 Å².